The summed E-state index contributed by atoms with van der Waals surface area (Å²) in [5.41, 5.74) is 6.00. The van der Waals surface area contributed by atoms with Crippen LogP contribution in [0.2, 0.25) is 0 Å². The van der Waals surface area contributed by atoms with Gasteiger partial charge in [0, 0.05) is 18.3 Å². The number of hydrogen-bond acceptors (Lipinski definition) is 3. The van der Waals surface area contributed by atoms with Crippen LogP contribution in [-0.4, -0.2) is 27.1 Å². The number of hydrogen-bond donors (Lipinski definition) is 3. The number of imidazole rings is 1. The molecule has 0 spiro atoms. The standard InChI is InChI=1S/C6H9N3O2.2FH/c7-5(6(10)11)1-4-2-8-3-9-4;;/h2-3,5H,1,7H2,(H,8,9)(H,10,11);2*1H. The minimum absolute atomic E-state index is 0. The molecule has 0 aliphatic heterocycles. The third kappa shape index (κ3) is 4.16. The highest BCUT2D eigenvalue weighted by atomic mass is 19.0. The zero-order valence-electron chi connectivity index (χ0n) is 6.64. The Morgan fingerprint density at radius 2 is 2.31 bits per heavy atom. The zero-order chi connectivity index (χ0) is 8.27. The van der Waals surface area contributed by atoms with Crippen molar-refractivity contribution in [3.8, 4) is 0 Å². The first-order valence-electron chi connectivity index (χ1n) is 3.16. The Balaban J connectivity index is 0. The van der Waals surface area contributed by atoms with Crippen molar-refractivity contribution < 1.29 is 19.3 Å². The molecule has 0 saturated carbocycles. The molecule has 0 amide bonds. The van der Waals surface area contributed by atoms with Crippen LogP contribution in [0.1, 0.15) is 5.69 Å². The van der Waals surface area contributed by atoms with Gasteiger partial charge in [-0.3, -0.25) is 14.2 Å². The lowest BCUT2D eigenvalue weighted by molar-refractivity contribution is -0.138. The van der Waals surface area contributed by atoms with E-state index in [1.54, 1.807) is 6.20 Å². The van der Waals surface area contributed by atoms with Crippen LogP contribution in [-0.2, 0) is 11.2 Å². The summed E-state index contributed by atoms with van der Waals surface area (Å²) in [5.74, 6) is -1.00. The largest absolute Gasteiger partial charge is 0.480 e. The van der Waals surface area contributed by atoms with Gasteiger partial charge in [-0.25, -0.2) is 4.98 Å². The number of aromatic amines is 1. The summed E-state index contributed by atoms with van der Waals surface area (Å²) in [5, 5.41) is 8.42. The molecule has 1 rings (SSSR count). The number of carboxylic acid groups (broad SMARTS) is 1. The van der Waals surface area contributed by atoms with Gasteiger partial charge in [-0.15, -0.1) is 0 Å². The number of nitrogens with one attached hydrogen (secondary N) is 1. The molecular formula is C6H11F2N3O2. The van der Waals surface area contributed by atoms with E-state index in [2.05, 4.69) is 9.97 Å². The highest BCUT2D eigenvalue weighted by molar-refractivity contribution is 5.73. The number of halogens is 2. The molecule has 0 radical (unpaired) electrons. The minimum Gasteiger partial charge on any atom is -0.480 e. The first kappa shape index (κ1) is 14.0. The Labute approximate surface area is 72.7 Å². The van der Waals surface area contributed by atoms with Gasteiger partial charge >= 0.3 is 5.97 Å². The summed E-state index contributed by atoms with van der Waals surface area (Å²) in [6.45, 7) is 0. The maximum atomic E-state index is 10.3. The Kier molecular flexibility index (Phi) is 6.55. The van der Waals surface area contributed by atoms with Crippen molar-refractivity contribution in [1.82, 2.24) is 9.97 Å². The van der Waals surface area contributed by atoms with Crippen LogP contribution in [0.25, 0.3) is 0 Å². The molecule has 0 saturated heterocycles. The second-order valence-corrected chi connectivity index (χ2v) is 2.23. The normalized spacial score (nSPS) is 10.8. The number of rotatable bonds is 3. The van der Waals surface area contributed by atoms with Crippen LogP contribution in [0.15, 0.2) is 12.5 Å². The van der Waals surface area contributed by atoms with Crippen molar-refractivity contribution in [2.45, 2.75) is 12.5 Å². The van der Waals surface area contributed by atoms with E-state index in [9.17, 15) is 4.79 Å². The third-order valence-electron chi connectivity index (χ3n) is 1.31. The summed E-state index contributed by atoms with van der Waals surface area (Å²) in [6, 6.07) is -0.851. The smallest absolute Gasteiger partial charge is 0.320 e. The van der Waals surface area contributed by atoms with Gasteiger partial charge < -0.3 is 15.8 Å². The Hall–Kier alpha value is -1.50. The van der Waals surface area contributed by atoms with Gasteiger partial charge in [-0.05, 0) is 0 Å². The monoisotopic (exact) mass is 195 g/mol. The zero-order valence-corrected chi connectivity index (χ0v) is 6.64. The van der Waals surface area contributed by atoms with Gasteiger partial charge in [0.1, 0.15) is 6.04 Å². The molecule has 0 aliphatic carbocycles. The van der Waals surface area contributed by atoms with Crippen molar-refractivity contribution in [2.75, 3.05) is 0 Å². The molecule has 1 atom stereocenters. The average molecular weight is 195 g/mol. The lowest BCUT2D eigenvalue weighted by atomic mass is 10.2. The van der Waals surface area contributed by atoms with Crippen molar-refractivity contribution >= 4 is 5.97 Å². The summed E-state index contributed by atoms with van der Waals surface area (Å²) in [4.78, 5) is 16.8. The van der Waals surface area contributed by atoms with Crippen LogP contribution in [0.4, 0.5) is 9.41 Å². The van der Waals surface area contributed by atoms with E-state index < -0.39 is 12.0 Å². The predicted octanol–water partition coefficient (Wildman–Crippen LogP) is -0.331. The van der Waals surface area contributed by atoms with Crippen LogP contribution < -0.4 is 5.73 Å². The Morgan fingerprint density at radius 1 is 1.69 bits per heavy atom. The minimum atomic E-state index is -1.00. The molecule has 4 N–H and O–H groups in total. The third-order valence-corrected chi connectivity index (χ3v) is 1.31. The summed E-state index contributed by atoms with van der Waals surface area (Å²) in [6.07, 6.45) is 3.34. The second-order valence-electron chi connectivity index (χ2n) is 2.23. The number of nitrogens with zero attached hydrogens (tertiary/aromatic N) is 1. The first-order valence-corrected chi connectivity index (χ1v) is 3.16. The van der Waals surface area contributed by atoms with Crippen molar-refractivity contribution in [3.63, 3.8) is 0 Å². The van der Waals surface area contributed by atoms with Crippen LogP contribution in [0.3, 0.4) is 0 Å². The molecule has 1 aromatic rings. The number of aromatic nitrogens is 2. The van der Waals surface area contributed by atoms with Crippen LogP contribution >= 0.6 is 0 Å². The fourth-order valence-corrected chi connectivity index (χ4v) is 0.721. The van der Waals surface area contributed by atoms with Gasteiger partial charge in [0.15, 0.2) is 0 Å². The molecule has 5 nitrogen and oxygen atoms in total. The highest BCUT2D eigenvalue weighted by Crippen LogP contribution is 1.95. The summed E-state index contributed by atoms with van der Waals surface area (Å²) in [7, 11) is 0. The van der Waals surface area contributed by atoms with E-state index in [4.69, 9.17) is 10.8 Å². The maximum absolute atomic E-state index is 10.3. The molecule has 13 heavy (non-hydrogen) atoms. The summed E-state index contributed by atoms with van der Waals surface area (Å²) < 4.78 is 0. The number of aliphatic carboxylic acids is 1. The molecule has 1 heterocycles. The summed E-state index contributed by atoms with van der Waals surface area (Å²) >= 11 is 0. The average Bonchev–Trinajstić information content (AvgIpc) is 2.39. The number of carboxylic acids is 1. The fraction of sp³-hybridized carbons (Fsp3) is 0.333. The van der Waals surface area contributed by atoms with Crippen LogP contribution in [0, 0.1) is 0 Å². The SMILES string of the molecule is F.F.NC(Cc1cnc[nH]1)C(=O)O. The Morgan fingerprint density at radius 3 is 2.69 bits per heavy atom. The van der Waals surface area contributed by atoms with E-state index in [1.165, 1.54) is 6.33 Å². The molecular weight excluding hydrogens is 184 g/mol. The van der Waals surface area contributed by atoms with Crippen molar-refractivity contribution in [1.29, 1.82) is 0 Å². The lowest BCUT2D eigenvalue weighted by Gasteiger charge is -2.02. The number of H-pyrrole nitrogens is 1. The predicted molar refractivity (Wildman–Crippen MR) is 42.9 cm³/mol. The number of carbonyl (C=O) groups is 1. The van der Waals surface area contributed by atoms with Gasteiger partial charge in [0.05, 0.1) is 6.33 Å². The van der Waals surface area contributed by atoms with Gasteiger partial charge in [-0.1, -0.05) is 0 Å². The molecule has 76 valence electrons. The molecule has 0 aliphatic rings. The number of nitrogens with two attached hydrogens (primary N) is 1. The van der Waals surface area contributed by atoms with Gasteiger partial charge in [0.25, 0.3) is 0 Å². The maximum Gasteiger partial charge on any atom is 0.320 e. The van der Waals surface area contributed by atoms with Crippen molar-refractivity contribution in [3.05, 3.63) is 18.2 Å². The van der Waals surface area contributed by atoms with Gasteiger partial charge in [-0.2, -0.15) is 0 Å². The molecule has 1 aromatic heterocycles. The van der Waals surface area contributed by atoms with E-state index in [0.717, 1.165) is 5.69 Å². The van der Waals surface area contributed by atoms with E-state index in [1.807, 2.05) is 0 Å². The second kappa shape index (κ2) is 6.06. The van der Waals surface area contributed by atoms with Crippen LogP contribution in [0.5, 0.6) is 0 Å². The molecule has 0 fully saturated rings. The highest BCUT2D eigenvalue weighted by Gasteiger charge is 2.11. The van der Waals surface area contributed by atoms with Gasteiger partial charge in [0.2, 0.25) is 0 Å². The molecule has 0 aromatic carbocycles. The lowest BCUT2D eigenvalue weighted by Crippen LogP contribution is -2.32. The fourth-order valence-electron chi connectivity index (χ4n) is 0.721. The van der Waals surface area contributed by atoms with Crippen molar-refractivity contribution in [2.24, 2.45) is 5.73 Å². The first-order chi connectivity index (χ1) is 5.20. The molecule has 0 bridgehead atoms. The molecule has 1 unspecified atom stereocenters. The van der Waals surface area contributed by atoms with E-state index in [-0.39, 0.29) is 15.8 Å². The Bertz CT molecular complexity index is 240. The van der Waals surface area contributed by atoms with E-state index in [0.29, 0.717) is 0 Å². The van der Waals surface area contributed by atoms with E-state index >= 15 is 0 Å². The topological polar surface area (TPSA) is 92.0 Å². The molecule has 7 heteroatoms. The quantitative estimate of drug-likeness (QED) is 0.615.